The highest BCUT2D eigenvalue weighted by Gasteiger charge is 2.22. The molecule has 1 aliphatic heterocycles. The fraction of sp³-hybridized carbons (Fsp3) is 0.526. The van der Waals surface area contributed by atoms with E-state index in [9.17, 15) is 9.59 Å². The van der Waals surface area contributed by atoms with Crippen molar-refractivity contribution in [1.82, 2.24) is 20.1 Å². The third-order valence-corrected chi connectivity index (χ3v) is 4.46. The summed E-state index contributed by atoms with van der Waals surface area (Å²) < 4.78 is 5.47. The number of aryl methyl sites for hydroxylation is 1. The molecular formula is C19H26N4O3. The van der Waals surface area contributed by atoms with E-state index in [4.69, 9.17) is 4.42 Å². The second-order valence-electron chi connectivity index (χ2n) is 7.04. The first-order valence-electron chi connectivity index (χ1n) is 9.11. The van der Waals surface area contributed by atoms with Crippen molar-refractivity contribution in [3.05, 3.63) is 29.7 Å². The predicted molar refractivity (Wildman–Crippen MR) is 98.9 cm³/mol. The van der Waals surface area contributed by atoms with Gasteiger partial charge in [0.2, 0.25) is 5.91 Å². The maximum absolute atomic E-state index is 12.7. The molecule has 0 saturated carbocycles. The summed E-state index contributed by atoms with van der Waals surface area (Å²) in [6, 6.07) is 5.73. The van der Waals surface area contributed by atoms with Crippen LogP contribution in [0.1, 0.15) is 31.7 Å². The second kappa shape index (κ2) is 7.76. The van der Waals surface area contributed by atoms with Crippen LogP contribution >= 0.6 is 0 Å². The minimum Gasteiger partial charge on any atom is -0.441 e. The monoisotopic (exact) mass is 358 g/mol. The Kier molecular flexibility index (Phi) is 5.44. The van der Waals surface area contributed by atoms with Crippen LogP contribution in [0.3, 0.4) is 0 Å². The van der Waals surface area contributed by atoms with Gasteiger partial charge < -0.3 is 19.5 Å². The second-order valence-corrected chi connectivity index (χ2v) is 7.04. The van der Waals surface area contributed by atoms with Crippen molar-refractivity contribution in [2.45, 2.75) is 39.7 Å². The molecule has 7 nitrogen and oxygen atoms in total. The van der Waals surface area contributed by atoms with E-state index in [1.807, 2.05) is 43.9 Å². The van der Waals surface area contributed by atoms with Crippen molar-refractivity contribution < 1.29 is 14.0 Å². The number of hydrogen-bond acceptors (Lipinski definition) is 4. The zero-order valence-electron chi connectivity index (χ0n) is 15.6. The summed E-state index contributed by atoms with van der Waals surface area (Å²) in [5.41, 5.74) is 2.44. The summed E-state index contributed by atoms with van der Waals surface area (Å²) in [7, 11) is 0. The van der Waals surface area contributed by atoms with Gasteiger partial charge >= 0.3 is 6.03 Å². The molecule has 3 rings (SSSR count). The molecular weight excluding hydrogens is 332 g/mol. The van der Waals surface area contributed by atoms with Crippen molar-refractivity contribution in [1.29, 1.82) is 0 Å². The summed E-state index contributed by atoms with van der Waals surface area (Å²) in [5.74, 6) is 0.700. The fourth-order valence-corrected chi connectivity index (χ4v) is 3.19. The molecule has 0 spiro atoms. The zero-order chi connectivity index (χ0) is 18.7. The number of rotatable bonds is 3. The van der Waals surface area contributed by atoms with E-state index in [2.05, 4.69) is 10.3 Å². The van der Waals surface area contributed by atoms with Crippen molar-refractivity contribution in [2.24, 2.45) is 0 Å². The quantitative estimate of drug-likeness (QED) is 0.913. The third kappa shape index (κ3) is 4.33. The van der Waals surface area contributed by atoms with E-state index in [0.29, 0.717) is 38.5 Å². The van der Waals surface area contributed by atoms with E-state index < -0.39 is 0 Å². The van der Waals surface area contributed by atoms with Gasteiger partial charge in [0.25, 0.3) is 0 Å². The Hall–Kier alpha value is -2.57. The molecule has 0 radical (unpaired) electrons. The molecule has 0 aliphatic carbocycles. The van der Waals surface area contributed by atoms with Crippen molar-refractivity contribution in [2.75, 3.05) is 26.2 Å². The number of oxazole rings is 1. The molecule has 26 heavy (non-hydrogen) atoms. The normalized spacial score (nSPS) is 15.4. The molecule has 2 heterocycles. The number of carbonyl (C=O) groups excluding carboxylic acids is 2. The molecule has 1 fully saturated rings. The van der Waals surface area contributed by atoms with Gasteiger partial charge in [0, 0.05) is 39.1 Å². The van der Waals surface area contributed by atoms with Crippen LogP contribution in [-0.2, 0) is 11.2 Å². The zero-order valence-corrected chi connectivity index (χ0v) is 15.6. The number of nitrogens with one attached hydrogen (secondary N) is 1. The van der Waals surface area contributed by atoms with Gasteiger partial charge in [0.15, 0.2) is 11.5 Å². The van der Waals surface area contributed by atoms with Crippen LogP contribution in [0.25, 0.3) is 11.1 Å². The molecule has 3 amide bonds. The molecule has 0 atom stereocenters. The van der Waals surface area contributed by atoms with Crippen LogP contribution in [0.15, 0.2) is 22.6 Å². The lowest BCUT2D eigenvalue weighted by Crippen LogP contribution is -2.45. The lowest BCUT2D eigenvalue weighted by atomic mass is 10.1. The van der Waals surface area contributed by atoms with Gasteiger partial charge in [-0.25, -0.2) is 9.78 Å². The number of aromatic nitrogens is 1. The highest BCUT2D eigenvalue weighted by atomic mass is 16.3. The Balaban J connectivity index is 1.59. The van der Waals surface area contributed by atoms with Crippen LogP contribution in [0, 0.1) is 6.92 Å². The Labute approximate surface area is 153 Å². The Morgan fingerprint density at radius 3 is 2.69 bits per heavy atom. The van der Waals surface area contributed by atoms with Crippen LogP contribution in [0.2, 0.25) is 0 Å². The molecule has 1 saturated heterocycles. The highest BCUT2D eigenvalue weighted by molar-refractivity contribution is 5.81. The lowest BCUT2D eigenvalue weighted by Gasteiger charge is -2.23. The van der Waals surface area contributed by atoms with E-state index >= 15 is 0 Å². The molecule has 7 heteroatoms. The first kappa shape index (κ1) is 18.2. The summed E-state index contributed by atoms with van der Waals surface area (Å²) in [5, 5.41) is 2.91. The van der Waals surface area contributed by atoms with Crippen LogP contribution in [0.4, 0.5) is 4.79 Å². The first-order valence-corrected chi connectivity index (χ1v) is 9.11. The van der Waals surface area contributed by atoms with E-state index in [-0.39, 0.29) is 18.0 Å². The highest BCUT2D eigenvalue weighted by Crippen LogP contribution is 2.18. The lowest BCUT2D eigenvalue weighted by molar-refractivity contribution is -0.130. The maximum Gasteiger partial charge on any atom is 0.317 e. The number of benzene rings is 1. The maximum atomic E-state index is 12.7. The van der Waals surface area contributed by atoms with Gasteiger partial charge in [-0.1, -0.05) is 6.07 Å². The topological polar surface area (TPSA) is 78.7 Å². The van der Waals surface area contributed by atoms with Crippen LogP contribution in [0.5, 0.6) is 0 Å². The van der Waals surface area contributed by atoms with Crippen molar-refractivity contribution >= 4 is 23.0 Å². The number of urea groups is 1. The molecule has 1 aromatic carbocycles. The molecule has 0 bridgehead atoms. The predicted octanol–water partition coefficient (Wildman–Crippen LogP) is 2.33. The average Bonchev–Trinajstić information content (AvgIpc) is 2.79. The summed E-state index contributed by atoms with van der Waals surface area (Å²) in [6.07, 6.45) is 1.12. The molecule has 0 unspecified atom stereocenters. The number of fused-ring (bicyclic) bond motifs is 1. The van der Waals surface area contributed by atoms with E-state index in [0.717, 1.165) is 23.1 Å². The molecule has 140 valence electrons. The largest absolute Gasteiger partial charge is 0.441 e. The molecule has 2 aromatic rings. The van der Waals surface area contributed by atoms with Crippen molar-refractivity contribution in [3.63, 3.8) is 0 Å². The molecule has 1 aliphatic rings. The number of amides is 3. The van der Waals surface area contributed by atoms with Crippen molar-refractivity contribution in [3.8, 4) is 0 Å². The first-order chi connectivity index (χ1) is 12.4. The van der Waals surface area contributed by atoms with Gasteiger partial charge in [0.1, 0.15) is 5.52 Å². The van der Waals surface area contributed by atoms with Gasteiger partial charge in [-0.15, -0.1) is 0 Å². The van der Waals surface area contributed by atoms with Gasteiger partial charge in [-0.05, 0) is 38.0 Å². The summed E-state index contributed by atoms with van der Waals surface area (Å²) in [6.45, 7) is 8.17. The SMILES string of the molecule is Cc1nc2cc(CC(=O)N3CCCN(C(=O)NC(C)C)CC3)ccc2o1. The van der Waals surface area contributed by atoms with Crippen LogP contribution in [-0.4, -0.2) is 58.9 Å². The Morgan fingerprint density at radius 1 is 1.19 bits per heavy atom. The third-order valence-electron chi connectivity index (χ3n) is 4.46. The summed E-state index contributed by atoms with van der Waals surface area (Å²) >= 11 is 0. The minimum atomic E-state index is -0.0545. The molecule has 1 aromatic heterocycles. The van der Waals surface area contributed by atoms with Gasteiger partial charge in [0.05, 0.1) is 6.42 Å². The fourth-order valence-electron chi connectivity index (χ4n) is 3.19. The van der Waals surface area contributed by atoms with Crippen LogP contribution < -0.4 is 5.32 Å². The molecule has 1 N–H and O–H groups in total. The van der Waals surface area contributed by atoms with Gasteiger partial charge in [-0.3, -0.25) is 4.79 Å². The van der Waals surface area contributed by atoms with E-state index in [1.165, 1.54) is 0 Å². The number of carbonyl (C=O) groups is 2. The minimum absolute atomic E-state index is 0.0545. The number of hydrogen-bond donors (Lipinski definition) is 1. The smallest absolute Gasteiger partial charge is 0.317 e. The standard InChI is InChI=1S/C19H26N4O3/c1-13(2)20-19(25)23-8-4-7-22(9-10-23)18(24)12-15-5-6-17-16(11-15)21-14(3)26-17/h5-6,11,13H,4,7-10,12H2,1-3H3,(H,20,25). The average molecular weight is 358 g/mol. The number of nitrogens with zero attached hydrogens (tertiary/aromatic N) is 3. The van der Waals surface area contributed by atoms with E-state index in [1.54, 1.807) is 4.90 Å². The van der Waals surface area contributed by atoms with Gasteiger partial charge in [-0.2, -0.15) is 0 Å². The Morgan fingerprint density at radius 2 is 1.92 bits per heavy atom. The summed E-state index contributed by atoms with van der Waals surface area (Å²) in [4.78, 5) is 32.8. The Bertz CT molecular complexity index is 799.